The van der Waals surface area contributed by atoms with Gasteiger partial charge in [0.15, 0.2) is 5.78 Å². The van der Waals surface area contributed by atoms with Gasteiger partial charge in [-0.1, -0.05) is 18.6 Å². The van der Waals surface area contributed by atoms with E-state index in [2.05, 4.69) is 4.90 Å². The monoisotopic (exact) mass is 247 g/mol. The van der Waals surface area contributed by atoms with Gasteiger partial charge >= 0.3 is 0 Å². The minimum absolute atomic E-state index is 0.208. The fourth-order valence-electron chi connectivity index (χ4n) is 2.38. The van der Waals surface area contributed by atoms with Gasteiger partial charge in [-0.15, -0.1) is 0 Å². The summed E-state index contributed by atoms with van der Waals surface area (Å²) in [5, 5.41) is 0. The topological polar surface area (TPSA) is 29.5 Å². The first kappa shape index (κ1) is 13.1. The average molecular weight is 247 g/mol. The van der Waals surface area contributed by atoms with Crippen LogP contribution in [0, 0.1) is 0 Å². The summed E-state index contributed by atoms with van der Waals surface area (Å²) < 4.78 is 5.14. The number of carbonyl (C=O) groups is 1. The van der Waals surface area contributed by atoms with E-state index < -0.39 is 0 Å². The van der Waals surface area contributed by atoms with Gasteiger partial charge in [0, 0.05) is 18.5 Å². The van der Waals surface area contributed by atoms with Crippen LogP contribution in [0.1, 0.15) is 36.0 Å². The number of Topliss-reactive ketones (excluding diaryl/α,β-unsaturated/α-hetero) is 1. The van der Waals surface area contributed by atoms with E-state index in [1.807, 2.05) is 24.3 Å². The number of benzene rings is 1. The molecule has 1 aromatic rings. The highest BCUT2D eigenvalue weighted by Crippen LogP contribution is 2.15. The summed E-state index contributed by atoms with van der Waals surface area (Å²) >= 11 is 0. The van der Waals surface area contributed by atoms with Crippen LogP contribution in [0.4, 0.5) is 0 Å². The highest BCUT2D eigenvalue weighted by atomic mass is 16.5. The molecule has 0 saturated carbocycles. The molecule has 98 valence electrons. The Morgan fingerprint density at radius 2 is 2.06 bits per heavy atom. The molecule has 2 rings (SSSR count). The lowest BCUT2D eigenvalue weighted by molar-refractivity contribution is 0.0958. The third kappa shape index (κ3) is 3.57. The van der Waals surface area contributed by atoms with Crippen molar-refractivity contribution in [3.63, 3.8) is 0 Å². The number of hydrogen-bond donors (Lipinski definition) is 0. The molecule has 0 N–H and O–H groups in total. The first-order valence-corrected chi connectivity index (χ1v) is 6.69. The Hall–Kier alpha value is -1.35. The second-order valence-corrected chi connectivity index (χ2v) is 4.81. The van der Waals surface area contributed by atoms with Gasteiger partial charge in [-0.05, 0) is 38.1 Å². The average Bonchev–Trinajstić information content (AvgIpc) is 2.46. The Morgan fingerprint density at radius 3 is 2.78 bits per heavy atom. The third-order valence-corrected chi connectivity index (χ3v) is 3.50. The first-order chi connectivity index (χ1) is 8.79. The van der Waals surface area contributed by atoms with Crippen LogP contribution in [0.2, 0.25) is 0 Å². The Bertz CT molecular complexity index is 397. The number of likely N-dealkylation sites (tertiary alicyclic amines) is 1. The number of ether oxygens (including phenoxy) is 1. The summed E-state index contributed by atoms with van der Waals surface area (Å²) in [5.41, 5.74) is 0.756. The lowest BCUT2D eigenvalue weighted by atomic mass is 10.1. The minimum atomic E-state index is 0.208. The van der Waals surface area contributed by atoms with E-state index in [1.54, 1.807) is 7.11 Å². The van der Waals surface area contributed by atoms with Gasteiger partial charge < -0.3 is 9.64 Å². The molecule has 0 bridgehead atoms. The minimum Gasteiger partial charge on any atom is -0.497 e. The molecule has 3 nitrogen and oxygen atoms in total. The van der Waals surface area contributed by atoms with Crippen LogP contribution < -0.4 is 4.74 Å². The van der Waals surface area contributed by atoms with E-state index in [0.29, 0.717) is 6.42 Å². The van der Waals surface area contributed by atoms with E-state index in [4.69, 9.17) is 4.74 Å². The maximum absolute atomic E-state index is 12.1. The van der Waals surface area contributed by atoms with Crippen LogP contribution in [-0.4, -0.2) is 37.4 Å². The fourth-order valence-corrected chi connectivity index (χ4v) is 2.38. The van der Waals surface area contributed by atoms with Gasteiger partial charge in [-0.25, -0.2) is 0 Å². The van der Waals surface area contributed by atoms with Gasteiger partial charge in [0.1, 0.15) is 5.75 Å². The van der Waals surface area contributed by atoms with E-state index >= 15 is 0 Å². The maximum atomic E-state index is 12.1. The molecule has 1 aliphatic heterocycles. The Labute approximate surface area is 109 Å². The van der Waals surface area contributed by atoms with Crippen molar-refractivity contribution in [2.45, 2.75) is 25.7 Å². The second kappa shape index (κ2) is 6.55. The number of rotatable bonds is 5. The second-order valence-electron chi connectivity index (χ2n) is 4.81. The summed E-state index contributed by atoms with van der Waals surface area (Å²) in [6.45, 7) is 3.17. The van der Waals surface area contributed by atoms with Crippen LogP contribution in [0.15, 0.2) is 24.3 Å². The SMILES string of the molecule is COc1cccc(C(=O)CCN2CCCCC2)c1. The highest BCUT2D eigenvalue weighted by molar-refractivity contribution is 5.96. The lowest BCUT2D eigenvalue weighted by Crippen LogP contribution is -2.31. The van der Waals surface area contributed by atoms with Crippen molar-refractivity contribution in [2.24, 2.45) is 0 Å². The van der Waals surface area contributed by atoms with E-state index in [0.717, 1.165) is 30.9 Å². The number of ketones is 1. The third-order valence-electron chi connectivity index (χ3n) is 3.50. The van der Waals surface area contributed by atoms with Crippen molar-refractivity contribution in [2.75, 3.05) is 26.7 Å². The van der Waals surface area contributed by atoms with Crippen LogP contribution in [0.5, 0.6) is 5.75 Å². The molecule has 0 amide bonds. The summed E-state index contributed by atoms with van der Waals surface area (Å²) in [6, 6.07) is 7.41. The zero-order valence-electron chi connectivity index (χ0n) is 11.0. The van der Waals surface area contributed by atoms with Gasteiger partial charge in [0.25, 0.3) is 0 Å². The van der Waals surface area contributed by atoms with Crippen molar-refractivity contribution >= 4 is 5.78 Å². The molecule has 1 saturated heterocycles. The molecular formula is C15H21NO2. The molecule has 0 atom stereocenters. The van der Waals surface area contributed by atoms with Crippen molar-refractivity contribution in [1.82, 2.24) is 4.90 Å². The van der Waals surface area contributed by atoms with Crippen molar-refractivity contribution < 1.29 is 9.53 Å². The molecule has 1 heterocycles. The molecule has 0 radical (unpaired) electrons. The number of carbonyl (C=O) groups excluding carboxylic acids is 1. The normalized spacial score (nSPS) is 16.5. The molecule has 3 heteroatoms. The van der Waals surface area contributed by atoms with Gasteiger partial charge in [-0.2, -0.15) is 0 Å². The van der Waals surface area contributed by atoms with Gasteiger partial charge in [0.05, 0.1) is 7.11 Å². The standard InChI is InChI=1S/C15H21NO2/c1-18-14-7-5-6-13(12-14)15(17)8-11-16-9-3-2-4-10-16/h5-7,12H,2-4,8-11H2,1H3. The predicted octanol–water partition coefficient (Wildman–Crippen LogP) is 2.75. The summed E-state index contributed by atoms with van der Waals surface area (Å²) in [7, 11) is 1.62. The molecule has 18 heavy (non-hydrogen) atoms. The van der Waals surface area contributed by atoms with Gasteiger partial charge in [-0.3, -0.25) is 4.79 Å². The van der Waals surface area contributed by atoms with E-state index in [1.165, 1.54) is 19.3 Å². The van der Waals surface area contributed by atoms with Crippen molar-refractivity contribution in [3.8, 4) is 5.75 Å². The summed E-state index contributed by atoms with van der Waals surface area (Å²) in [6.07, 6.45) is 4.48. The molecule has 1 fully saturated rings. The van der Waals surface area contributed by atoms with E-state index in [9.17, 15) is 4.79 Å². The number of piperidine rings is 1. The number of hydrogen-bond acceptors (Lipinski definition) is 3. The van der Waals surface area contributed by atoms with Crippen molar-refractivity contribution in [3.05, 3.63) is 29.8 Å². The molecule has 1 aliphatic rings. The Balaban J connectivity index is 1.86. The summed E-state index contributed by atoms with van der Waals surface area (Å²) in [4.78, 5) is 14.5. The molecular weight excluding hydrogens is 226 g/mol. The maximum Gasteiger partial charge on any atom is 0.164 e. The molecule has 0 aliphatic carbocycles. The molecule has 0 unspecified atom stereocenters. The van der Waals surface area contributed by atoms with E-state index in [-0.39, 0.29) is 5.78 Å². The fraction of sp³-hybridized carbons (Fsp3) is 0.533. The first-order valence-electron chi connectivity index (χ1n) is 6.69. The van der Waals surface area contributed by atoms with Crippen LogP contribution in [0.25, 0.3) is 0 Å². The molecule has 0 aromatic heterocycles. The predicted molar refractivity (Wildman–Crippen MR) is 72.2 cm³/mol. The van der Waals surface area contributed by atoms with Crippen LogP contribution >= 0.6 is 0 Å². The van der Waals surface area contributed by atoms with Crippen molar-refractivity contribution in [1.29, 1.82) is 0 Å². The Morgan fingerprint density at radius 1 is 1.28 bits per heavy atom. The zero-order valence-corrected chi connectivity index (χ0v) is 11.0. The molecule has 1 aromatic carbocycles. The molecule has 0 spiro atoms. The number of methoxy groups -OCH3 is 1. The summed E-state index contributed by atoms with van der Waals surface area (Å²) in [5.74, 6) is 0.957. The highest BCUT2D eigenvalue weighted by Gasteiger charge is 2.13. The Kier molecular flexibility index (Phi) is 4.76. The lowest BCUT2D eigenvalue weighted by Gasteiger charge is -2.25. The van der Waals surface area contributed by atoms with Crippen LogP contribution in [0.3, 0.4) is 0 Å². The zero-order chi connectivity index (χ0) is 12.8. The van der Waals surface area contributed by atoms with Gasteiger partial charge in [0.2, 0.25) is 0 Å². The quantitative estimate of drug-likeness (QED) is 0.749. The van der Waals surface area contributed by atoms with Crippen LogP contribution in [-0.2, 0) is 0 Å². The largest absolute Gasteiger partial charge is 0.497 e. The smallest absolute Gasteiger partial charge is 0.164 e. The number of nitrogens with zero attached hydrogens (tertiary/aromatic N) is 1.